The predicted octanol–water partition coefficient (Wildman–Crippen LogP) is 4.59. The zero-order chi connectivity index (χ0) is 33.8. The number of benzene rings is 3. The number of hydrogen-bond donors (Lipinski definition) is 1. The van der Waals surface area contributed by atoms with Crippen molar-refractivity contribution in [3.05, 3.63) is 118 Å². The van der Waals surface area contributed by atoms with Gasteiger partial charge in [-0.3, -0.25) is 0 Å². The average molecular weight is 707 g/mol. The molecule has 2 aliphatic rings. The van der Waals surface area contributed by atoms with Crippen molar-refractivity contribution in [2.24, 2.45) is 0 Å². The van der Waals surface area contributed by atoms with Gasteiger partial charge in [0.15, 0.2) is 0 Å². The van der Waals surface area contributed by atoms with Gasteiger partial charge in [-0.05, 0) is 67.1 Å². The molecule has 1 N–H and O–H groups in total. The van der Waals surface area contributed by atoms with Gasteiger partial charge in [-0.1, -0.05) is 29.3 Å². The Labute approximate surface area is 293 Å². The van der Waals surface area contributed by atoms with Crippen molar-refractivity contribution in [3.8, 4) is 11.4 Å². The van der Waals surface area contributed by atoms with E-state index in [2.05, 4.69) is 32.0 Å². The van der Waals surface area contributed by atoms with Gasteiger partial charge in [0, 0.05) is 73.7 Å². The molecule has 49 heavy (non-hydrogen) atoms. The van der Waals surface area contributed by atoms with Crippen LogP contribution in [-0.4, -0.2) is 81.1 Å². The highest BCUT2D eigenvalue weighted by Gasteiger charge is 2.45. The molecule has 4 heterocycles. The number of aromatic nitrogens is 5. The SMILES string of the molecule is O=c1n(-c2ccc(N3CCN(c4ccc(OCC5COC(Cn6ccnc6)(c6ccc(Cl)cc6Cl)O5)cc4)CC3)cc2)cnn1CCCO. The lowest BCUT2D eigenvalue weighted by atomic mass is 10.1. The van der Waals surface area contributed by atoms with Gasteiger partial charge in [-0.15, -0.1) is 0 Å². The van der Waals surface area contributed by atoms with Crippen LogP contribution in [0.25, 0.3) is 5.69 Å². The van der Waals surface area contributed by atoms with E-state index in [4.69, 9.17) is 42.5 Å². The number of anilines is 2. The van der Waals surface area contributed by atoms with Gasteiger partial charge in [-0.25, -0.2) is 19.0 Å². The summed E-state index contributed by atoms with van der Waals surface area (Å²) in [4.78, 5) is 21.5. The van der Waals surface area contributed by atoms with E-state index in [1.54, 1.807) is 24.7 Å². The van der Waals surface area contributed by atoms with Gasteiger partial charge in [0.25, 0.3) is 0 Å². The monoisotopic (exact) mass is 705 g/mol. The molecule has 0 bridgehead atoms. The predicted molar refractivity (Wildman–Crippen MR) is 187 cm³/mol. The van der Waals surface area contributed by atoms with Crippen LogP contribution < -0.4 is 20.2 Å². The molecule has 12 nitrogen and oxygen atoms in total. The maximum atomic E-state index is 12.6. The van der Waals surface area contributed by atoms with Crippen molar-refractivity contribution >= 4 is 34.6 Å². The molecule has 7 rings (SSSR count). The zero-order valence-electron chi connectivity index (χ0n) is 26.8. The van der Waals surface area contributed by atoms with Crippen molar-refractivity contribution in [3.63, 3.8) is 0 Å². The Morgan fingerprint density at radius 1 is 0.918 bits per heavy atom. The lowest BCUT2D eigenvalue weighted by Crippen LogP contribution is -2.46. The van der Waals surface area contributed by atoms with Gasteiger partial charge in [0.05, 0.1) is 30.2 Å². The minimum absolute atomic E-state index is 0.0203. The van der Waals surface area contributed by atoms with Crippen LogP contribution >= 0.6 is 23.2 Å². The summed E-state index contributed by atoms with van der Waals surface area (Å²) in [6, 6.07) is 21.4. The lowest BCUT2D eigenvalue weighted by molar-refractivity contribution is -0.189. The molecule has 2 aliphatic heterocycles. The van der Waals surface area contributed by atoms with E-state index in [-0.39, 0.29) is 18.4 Å². The molecule has 2 unspecified atom stereocenters. The highest BCUT2D eigenvalue weighted by atomic mass is 35.5. The minimum atomic E-state index is -1.10. The summed E-state index contributed by atoms with van der Waals surface area (Å²) in [6.45, 7) is 4.92. The van der Waals surface area contributed by atoms with E-state index in [9.17, 15) is 4.79 Å². The normalized spacial score (nSPS) is 19.4. The summed E-state index contributed by atoms with van der Waals surface area (Å²) in [5, 5.41) is 14.2. The second kappa shape index (κ2) is 14.7. The van der Waals surface area contributed by atoms with Gasteiger partial charge in [0.2, 0.25) is 5.79 Å². The Morgan fingerprint density at radius 2 is 1.61 bits per heavy atom. The van der Waals surface area contributed by atoms with Crippen molar-refractivity contribution in [2.45, 2.75) is 31.4 Å². The highest BCUT2D eigenvalue weighted by molar-refractivity contribution is 6.35. The number of piperazine rings is 1. The number of aliphatic hydroxyl groups is 1. The van der Waals surface area contributed by atoms with Crippen LogP contribution in [0.5, 0.6) is 5.75 Å². The third-order valence-corrected chi connectivity index (χ3v) is 9.37. The molecule has 0 amide bonds. The third kappa shape index (κ3) is 7.34. The fourth-order valence-corrected chi connectivity index (χ4v) is 6.81. The molecule has 2 atom stereocenters. The largest absolute Gasteiger partial charge is 0.491 e. The topological polar surface area (TPSA) is 112 Å². The van der Waals surface area contributed by atoms with Gasteiger partial charge in [-0.2, -0.15) is 5.10 Å². The molecular weight excluding hydrogens is 669 g/mol. The molecule has 2 saturated heterocycles. The van der Waals surface area contributed by atoms with Crippen molar-refractivity contribution in [2.75, 3.05) is 55.8 Å². The molecule has 0 saturated carbocycles. The Kier molecular flexibility index (Phi) is 9.92. The molecule has 3 aromatic carbocycles. The van der Waals surface area contributed by atoms with Crippen LogP contribution in [0.1, 0.15) is 12.0 Å². The van der Waals surface area contributed by atoms with E-state index in [1.807, 2.05) is 53.2 Å². The summed E-state index contributed by atoms with van der Waals surface area (Å²) >= 11 is 12.8. The van der Waals surface area contributed by atoms with Gasteiger partial charge < -0.3 is 33.7 Å². The Balaban J connectivity index is 0.919. The maximum Gasteiger partial charge on any atom is 0.350 e. The standard InChI is InChI=1S/C35H37Cl2N7O5/c36-26-2-11-32(33(37)20-26)35(23-40-14-12-38-24-40)48-22-31(49-35)21-47-30-9-7-28(8-10-30)42-17-15-41(16-18-42)27-3-5-29(6-4-27)43-25-39-44(34(43)46)13-1-19-45/h2-12,14,20,24-25,31,45H,1,13,15-19,21-23H2. The van der Waals surface area contributed by atoms with E-state index in [1.165, 1.54) is 15.6 Å². The molecule has 256 valence electrons. The number of aliphatic hydroxyl groups excluding tert-OH is 1. The first-order valence-electron chi connectivity index (χ1n) is 16.2. The molecule has 2 aromatic heterocycles. The van der Waals surface area contributed by atoms with Gasteiger partial charge >= 0.3 is 5.69 Å². The maximum absolute atomic E-state index is 12.6. The smallest absolute Gasteiger partial charge is 0.350 e. The van der Waals surface area contributed by atoms with Crippen LogP contribution in [0.4, 0.5) is 11.4 Å². The number of hydrogen-bond acceptors (Lipinski definition) is 9. The van der Waals surface area contributed by atoms with Gasteiger partial charge in [0.1, 0.15) is 24.8 Å². The first-order valence-corrected chi connectivity index (χ1v) is 17.0. The lowest BCUT2D eigenvalue weighted by Gasteiger charge is -2.37. The third-order valence-electron chi connectivity index (χ3n) is 8.82. The zero-order valence-corrected chi connectivity index (χ0v) is 28.3. The summed E-state index contributed by atoms with van der Waals surface area (Å²) in [5.74, 6) is -0.351. The molecule has 2 fully saturated rings. The molecule has 14 heteroatoms. The van der Waals surface area contributed by atoms with Crippen molar-refractivity contribution < 1.29 is 19.3 Å². The Bertz CT molecular complexity index is 1890. The average Bonchev–Trinajstić information content (AvgIpc) is 3.88. The quantitative estimate of drug-likeness (QED) is 0.199. The summed E-state index contributed by atoms with van der Waals surface area (Å²) < 4.78 is 23.7. The molecule has 0 aliphatic carbocycles. The molecule has 0 radical (unpaired) electrons. The summed E-state index contributed by atoms with van der Waals surface area (Å²) in [6.07, 6.45) is 6.98. The number of ether oxygens (including phenoxy) is 3. The molecular formula is C35H37Cl2N7O5. The first-order chi connectivity index (χ1) is 23.9. The van der Waals surface area contributed by atoms with E-state index in [0.717, 1.165) is 49.0 Å². The highest BCUT2D eigenvalue weighted by Crippen LogP contribution is 2.40. The molecule has 5 aromatic rings. The Morgan fingerprint density at radius 3 is 2.27 bits per heavy atom. The fraction of sp³-hybridized carbons (Fsp3) is 0.343. The van der Waals surface area contributed by atoms with Crippen LogP contribution in [0, 0.1) is 0 Å². The molecule has 0 spiro atoms. The van der Waals surface area contributed by atoms with Crippen LogP contribution in [-0.2, 0) is 28.4 Å². The van der Waals surface area contributed by atoms with Crippen molar-refractivity contribution in [1.29, 1.82) is 0 Å². The fourth-order valence-electron chi connectivity index (χ4n) is 6.25. The number of rotatable bonds is 12. The second-order valence-corrected chi connectivity index (χ2v) is 12.9. The Hall–Kier alpha value is -4.33. The summed E-state index contributed by atoms with van der Waals surface area (Å²) in [5.41, 5.74) is 3.49. The van der Waals surface area contributed by atoms with Crippen molar-refractivity contribution in [1.82, 2.24) is 23.9 Å². The minimum Gasteiger partial charge on any atom is -0.491 e. The van der Waals surface area contributed by atoms with Crippen LogP contribution in [0.3, 0.4) is 0 Å². The van der Waals surface area contributed by atoms with E-state index >= 15 is 0 Å². The van der Waals surface area contributed by atoms with Crippen LogP contribution in [0.2, 0.25) is 10.0 Å². The number of nitrogens with zero attached hydrogens (tertiary/aromatic N) is 7. The summed E-state index contributed by atoms with van der Waals surface area (Å²) in [7, 11) is 0. The second-order valence-electron chi connectivity index (χ2n) is 12.0. The number of halogens is 2. The number of imidazole rings is 1. The number of aryl methyl sites for hydroxylation is 1. The van der Waals surface area contributed by atoms with E-state index in [0.29, 0.717) is 48.3 Å². The van der Waals surface area contributed by atoms with Crippen LogP contribution in [0.15, 0.2) is 96.6 Å². The first kappa shape index (κ1) is 33.2. The van der Waals surface area contributed by atoms with E-state index < -0.39 is 5.79 Å².